The van der Waals surface area contributed by atoms with Crippen LogP contribution in [-0.2, 0) is 9.59 Å². The number of aliphatic hydroxyl groups excluding tert-OH is 1. The molecule has 0 radical (unpaired) electrons. The minimum absolute atomic E-state index is 0.0259. The second kappa shape index (κ2) is 7.38. The fourth-order valence-electron chi connectivity index (χ4n) is 1.42. The van der Waals surface area contributed by atoms with Gasteiger partial charge in [-0.3, -0.25) is 4.79 Å². The maximum Gasteiger partial charge on any atom is 0.328 e. The molecule has 1 aromatic rings. The van der Waals surface area contributed by atoms with E-state index in [1.807, 2.05) is 25.1 Å². The predicted molar refractivity (Wildman–Crippen MR) is 67.9 cm³/mol. The number of nitrogens with one attached hydrogen (secondary N) is 1. The predicted octanol–water partition coefficient (Wildman–Crippen LogP) is 0.326. The van der Waals surface area contributed by atoms with E-state index in [1.54, 1.807) is 6.07 Å². The average molecular weight is 267 g/mol. The molecule has 0 saturated carbocycles. The van der Waals surface area contributed by atoms with Crippen LogP contribution >= 0.6 is 0 Å². The van der Waals surface area contributed by atoms with Gasteiger partial charge in [0, 0.05) is 0 Å². The molecule has 1 rings (SSSR count). The van der Waals surface area contributed by atoms with E-state index in [0.29, 0.717) is 5.75 Å². The Kier molecular flexibility index (Phi) is 5.81. The second-order valence-electron chi connectivity index (χ2n) is 4.00. The number of hydrogen-bond acceptors (Lipinski definition) is 4. The van der Waals surface area contributed by atoms with Gasteiger partial charge in [0.25, 0.3) is 0 Å². The summed E-state index contributed by atoms with van der Waals surface area (Å²) < 4.78 is 5.41. The van der Waals surface area contributed by atoms with Crippen LogP contribution in [0.1, 0.15) is 12.0 Å². The number of para-hydroxylation sites is 1. The van der Waals surface area contributed by atoms with Crippen LogP contribution in [0.25, 0.3) is 0 Å². The van der Waals surface area contributed by atoms with Gasteiger partial charge in [-0.2, -0.15) is 0 Å². The van der Waals surface area contributed by atoms with Crippen molar-refractivity contribution < 1.29 is 24.5 Å². The fourth-order valence-corrected chi connectivity index (χ4v) is 1.42. The maximum absolute atomic E-state index is 11.4. The highest BCUT2D eigenvalue weighted by Crippen LogP contribution is 2.16. The Morgan fingerprint density at radius 2 is 2.05 bits per heavy atom. The first kappa shape index (κ1) is 15.0. The van der Waals surface area contributed by atoms with Gasteiger partial charge in [0.15, 0.2) is 0 Å². The van der Waals surface area contributed by atoms with Gasteiger partial charge in [-0.15, -0.1) is 0 Å². The van der Waals surface area contributed by atoms with Gasteiger partial charge in [0.05, 0.1) is 19.6 Å². The molecule has 0 aliphatic rings. The molecule has 3 N–H and O–H groups in total. The van der Waals surface area contributed by atoms with Gasteiger partial charge in [-0.25, -0.2) is 4.79 Å². The van der Waals surface area contributed by atoms with Crippen molar-refractivity contribution in [2.24, 2.45) is 0 Å². The molecule has 1 amide bonds. The number of carboxylic acids is 1. The van der Waals surface area contributed by atoms with Crippen LogP contribution in [0, 0.1) is 6.92 Å². The van der Waals surface area contributed by atoms with Crippen LogP contribution in [0.2, 0.25) is 0 Å². The highest BCUT2D eigenvalue weighted by molar-refractivity contribution is 5.83. The highest BCUT2D eigenvalue weighted by Gasteiger charge is 2.18. The molecule has 0 fully saturated rings. The molecule has 0 bridgehead atoms. The zero-order chi connectivity index (χ0) is 14.3. The molecule has 104 valence electrons. The topological polar surface area (TPSA) is 95.9 Å². The molecule has 6 heteroatoms. The summed E-state index contributed by atoms with van der Waals surface area (Å²) in [6.45, 7) is 1.40. The Morgan fingerprint density at radius 1 is 1.37 bits per heavy atom. The quantitative estimate of drug-likeness (QED) is 0.661. The van der Waals surface area contributed by atoms with Gasteiger partial charge in [-0.1, -0.05) is 18.2 Å². The zero-order valence-electron chi connectivity index (χ0n) is 10.6. The lowest BCUT2D eigenvalue weighted by Crippen LogP contribution is -2.43. The molecule has 0 spiro atoms. The number of carbonyl (C=O) groups is 2. The third-order valence-electron chi connectivity index (χ3n) is 2.50. The molecule has 0 aromatic heterocycles. The van der Waals surface area contributed by atoms with E-state index >= 15 is 0 Å². The molecular weight excluding hydrogens is 250 g/mol. The molecule has 1 aromatic carbocycles. The van der Waals surface area contributed by atoms with E-state index in [0.717, 1.165) is 5.56 Å². The van der Waals surface area contributed by atoms with Crippen molar-refractivity contribution >= 4 is 11.9 Å². The van der Waals surface area contributed by atoms with Gasteiger partial charge >= 0.3 is 5.97 Å². The summed E-state index contributed by atoms with van der Waals surface area (Å²) in [4.78, 5) is 22.0. The Hall–Kier alpha value is -2.08. The van der Waals surface area contributed by atoms with Crippen molar-refractivity contribution in [1.29, 1.82) is 0 Å². The second-order valence-corrected chi connectivity index (χ2v) is 4.00. The first-order valence-electron chi connectivity index (χ1n) is 5.86. The summed E-state index contributed by atoms with van der Waals surface area (Å²) in [5.74, 6) is -1.06. The molecule has 0 aliphatic carbocycles. The van der Waals surface area contributed by atoms with Crippen molar-refractivity contribution in [2.75, 3.05) is 13.2 Å². The van der Waals surface area contributed by atoms with Gasteiger partial charge < -0.3 is 20.3 Å². The number of aryl methyl sites for hydroxylation is 1. The number of carbonyl (C=O) groups excluding carboxylic acids is 1. The number of amides is 1. The van der Waals surface area contributed by atoms with E-state index in [1.165, 1.54) is 0 Å². The van der Waals surface area contributed by atoms with Crippen LogP contribution in [0.15, 0.2) is 24.3 Å². The standard InChI is InChI=1S/C13H17NO5/c1-9-4-2-3-5-11(9)19-7-6-12(16)14-10(8-15)13(17)18/h2-5,10,15H,6-8H2,1H3,(H,14,16)(H,17,18). The van der Waals surface area contributed by atoms with Crippen molar-refractivity contribution in [2.45, 2.75) is 19.4 Å². The van der Waals surface area contributed by atoms with Gasteiger partial charge in [-0.05, 0) is 18.6 Å². The van der Waals surface area contributed by atoms with Crippen LogP contribution in [0.5, 0.6) is 5.75 Å². The summed E-state index contributed by atoms with van der Waals surface area (Å²) in [7, 11) is 0. The van der Waals surface area contributed by atoms with Crippen molar-refractivity contribution in [1.82, 2.24) is 5.32 Å². The van der Waals surface area contributed by atoms with E-state index in [4.69, 9.17) is 14.9 Å². The number of rotatable bonds is 7. The summed E-state index contributed by atoms with van der Waals surface area (Å²) in [5.41, 5.74) is 0.960. The molecule has 0 aliphatic heterocycles. The van der Waals surface area contributed by atoms with Crippen molar-refractivity contribution in [3.05, 3.63) is 29.8 Å². The molecular formula is C13H17NO5. The van der Waals surface area contributed by atoms with Crippen LogP contribution < -0.4 is 10.1 Å². The summed E-state index contributed by atoms with van der Waals surface area (Å²) in [5, 5.41) is 19.6. The van der Waals surface area contributed by atoms with E-state index in [-0.39, 0.29) is 13.0 Å². The van der Waals surface area contributed by atoms with E-state index < -0.39 is 24.5 Å². The number of ether oxygens (including phenoxy) is 1. The first-order chi connectivity index (χ1) is 9.04. The summed E-state index contributed by atoms with van der Waals surface area (Å²) in [6.07, 6.45) is 0.0259. The Bertz CT molecular complexity index is 446. The first-order valence-corrected chi connectivity index (χ1v) is 5.86. The lowest BCUT2D eigenvalue weighted by molar-refractivity contribution is -0.143. The number of hydrogen-bond donors (Lipinski definition) is 3. The van der Waals surface area contributed by atoms with Crippen molar-refractivity contribution in [3.8, 4) is 5.75 Å². The SMILES string of the molecule is Cc1ccccc1OCCC(=O)NC(CO)C(=O)O. The van der Waals surface area contributed by atoms with Crippen molar-refractivity contribution in [3.63, 3.8) is 0 Å². The Labute approximate surface area is 111 Å². The third-order valence-corrected chi connectivity index (χ3v) is 2.50. The normalized spacial score (nSPS) is 11.7. The number of benzene rings is 1. The van der Waals surface area contributed by atoms with E-state index in [9.17, 15) is 9.59 Å². The molecule has 19 heavy (non-hydrogen) atoms. The minimum atomic E-state index is -1.27. The highest BCUT2D eigenvalue weighted by atomic mass is 16.5. The smallest absolute Gasteiger partial charge is 0.328 e. The number of aliphatic hydroxyl groups is 1. The Morgan fingerprint density at radius 3 is 2.63 bits per heavy atom. The number of aliphatic carboxylic acids is 1. The summed E-state index contributed by atoms with van der Waals surface area (Å²) >= 11 is 0. The molecule has 6 nitrogen and oxygen atoms in total. The lowest BCUT2D eigenvalue weighted by atomic mass is 10.2. The molecule has 0 saturated heterocycles. The monoisotopic (exact) mass is 267 g/mol. The van der Waals surface area contributed by atoms with E-state index in [2.05, 4.69) is 5.32 Å². The molecule has 1 atom stereocenters. The average Bonchev–Trinajstić information content (AvgIpc) is 2.38. The number of carboxylic acid groups (broad SMARTS) is 1. The largest absolute Gasteiger partial charge is 0.493 e. The van der Waals surface area contributed by atoms with Crippen LogP contribution in [0.4, 0.5) is 0 Å². The zero-order valence-corrected chi connectivity index (χ0v) is 10.6. The van der Waals surface area contributed by atoms with Gasteiger partial charge in [0.2, 0.25) is 5.91 Å². The molecule has 0 heterocycles. The fraction of sp³-hybridized carbons (Fsp3) is 0.385. The van der Waals surface area contributed by atoms with Crippen LogP contribution in [0.3, 0.4) is 0 Å². The summed E-state index contributed by atoms with van der Waals surface area (Å²) in [6, 6.07) is 6.12. The van der Waals surface area contributed by atoms with Gasteiger partial charge in [0.1, 0.15) is 11.8 Å². The molecule has 1 unspecified atom stereocenters. The maximum atomic E-state index is 11.4. The minimum Gasteiger partial charge on any atom is -0.493 e. The van der Waals surface area contributed by atoms with Crippen LogP contribution in [-0.4, -0.2) is 41.3 Å². The lowest BCUT2D eigenvalue weighted by Gasteiger charge is -2.12. The Balaban J connectivity index is 2.35. The third kappa shape index (κ3) is 4.97.